The van der Waals surface area contributed by atoms with Gasteiger partial charge in [0.25, 0.3) is 0 Å². The maximum Gasteiger partial charge on any atom is 0.163 e. The average Bonchev–Trinajstić information content (AvgIpc) is 2.67. The largest absolute Gasteiger partial charge is 0.489 e. The van der Waals surface area contributed by atoms with Crippen molar-refractivity contribution in [2.75, 3.05) is 6.61 Å². The van der Waals surface area contributed by atoms with Crippen molar-refractivity contribution in [1.29, 1.82) is 0 Å². The molecule has 0 unspecified atom stereocenters. The number of ether oxygens (including phenoxy) is 1. The fourth-order valence-corrected chi connectivity index (χ4v) is 2.51. The van der Waals surface area contributed by atoms with Crippen LogP contribution in [0.3, 0.4) is 0 Å². The first-order valence-corrected chi connectivity index (χ1v) is 8.12. The Labute approximate surface area is 149 Å². The van der Waals surface area contributed by atoms with Gasteiger partial charge >= 0.3 is 0 Å². The molecule has 2 bridgehead atoms. The van der Waals surface area contributed by atoms with Crippen molar-refractivity contribution in [3.05, 3.63) is 71.6 Å². The zero-order chi connectivity index (χ0) is 17.6. The van der Waals surface area contributed by atoms with Gasteiger partial charge in [0.15, 0.2) is 5.82 Å². The Morgan fingerprint density at radius 1 is 0.923 bits per heavy atom. The van der Waals surface area contributed by atoms with Crippen LogP contribution in [0.15, 0.2) is 76.0 Å². The van der Waals surface area contributed by atoms with E-state index in [-0.39, 0.29) is 0 Å². The number of hydrogen-bond donors (Lipinski definition) is 0. The van der Waals surface area contributed by atoms with Gasteiger partial charge in [0, 0.05) is 35.4 Å². The van der Waals surface area contributed by atoms with Crippen LogP contribution in [0.25, 0.3) is 17.1 Å². The Balaban J connectivity index is 1.97. The standard InChI is InChI=1S/C20H15N5O/c1-2-5-18-15(4-1)13-22-10-9-21-8-3-11-26-16-6-7-19-17(12-16)20(25-18)24-14-23-19/h1-10,12-14H,11H2/b8-3+,15-13+,21-9+,22-10-,25-18+. The SMILES string of the molecule is C1=N\C=c2/cccc/c2=N\c2ncnc3ccc(cc23)OC/C=C/N=C/1. The highest BCUT2D eigenvalue weighted by atomic mass is 16.5. The highest BCUT2D eigenvalue weighted by molar-refractivity contribution is 6.16. The zero-order valence-corrected chi connectivity index (χ0v) is 13.9. The highest BCUT2D eigenvalue weighted by Gasteiger charge is 2.04. The third-order valence-electron chi connectivity index (χ3n) is 3.74. The van der Waals surface area contributed by atoms with E-state index >= 15 is 0 Å². The van der Waals surface area contributed by atoms with Crippen molar-refractivity contribution < 1.29 is 4.74 Å². The molecule has 1 aliphatic heterocycles. The Morgan fingerprint density at radius 3 is 2.85 bits per heavy atom. The van der Waals surface area contributed by atoms with Crippen molar-refractivity contribution >= 4 is 35.3 Å². The summed E-state index contributed by atoms with van der Waals surface area (Å²) in [4.78, 5) is 21.8. The van der Waals surface area contributed by atoms with Crippen LogP contribution in [0.4, 0.5) is 5.82 Å². The van der Waals surface area contributed by atoms with Crippen molar-refractivity contribution in [2.45, 2.75) is 0 Å². The third-order valence-corrected chi connectivity index (χ3v) is 3.74. The molecule has 0 amide bonds. The summed E-state index contributed by atoms with van der Waals surface area (Å²) < 4.78 is 5.74. The maximum atomic E-state index is 5.74. The first-order chi connectivity index (χ1) is 12.9. The fourth-order valence-electron chi connectivity index (χ4n) is 2.51. The second-order valence-corrected chi connectivity index (χ2v) is 5.47. The van der Waals surface area contributed by atoms with Gasteiger partial charge in [-0.3, -0.25) is 9.98 Å². The van der Waals surface area contributed by atoms with Crippen LogP contribution in [-0.2, 0) is 0 Å². The lowest BCUT2D eigenvalue weighted by Gasteiger charge is -2.05. The van der Waals surface area contributed by atoms with Crippen molar-refractivity contribution in [1.82, 2.24) is 9.97 Å². The van der Waals surface area contributed by atoms with E-state index < -0.39 is 0 Å². The lowest BCUT2D eigenvalue weighted by molar-refractivity contribution is 0.363. The van der Waals surface area contributed by atoms with Gasteiger partial charge in [-0.1, -0.05) is 18.2 Å². The minimum absolute atomic E-state index is 0.412. The van der Waals surface area contributed by atoms with Crippen LogP contribution in [-0.4, -0.2) is 29.0 Å². The molecule has 6 nitrogen and oxygen atoms in total. The second-order valence-electron chi connectivity index (χ2n) is 5.47. The molecule has 3 aromatic rings. The zero-order valence-electron chi connectivity index (χ0n) is 13.9. The Bertz CT molecular complexity index is 1150. The van der Waals surface area contributed by atoms with Gasteiger partial charge in [-0.05, 0) is 30.3 Å². The average molecular weight is 341 g/mol. The fraction of sp³-hybridized carbons (Fsp3) is 0.0500. The van der Waals surface area contributed by atoms with Crippen LogP contribution in [0.1, 0.15) is 0 Å². The van der Waals surface area contributed by atoms with Gasteiger partial charge in [0.05, 0.1) is 10.9 Å². The number of benzene rings is 2. The quantitative estimate of drug-likeness (QED) is 0.630. The van der Waals surface area contributed by atoms with E-state index in [1.165, 1.54) is 6.33 Å². The summed E-state index contributed by atoms with van der Waals surface area (Å²) in [6, 6.07) is 13.4. The smallest absolute Gasteiger partial charge is 0.163 e. The highest BCUT2D eigenvalue weighted by Crippen LogP contribution is 2.25. The monoisotopic (exact) mass is 341 g/mol. The summed E-state index contributed by atoms with van der Waals surface area (Å²) in [6.07, 6.45) is 10.0. The molecule has 126 valence electrons. The van der Waals surface area contributed by atoms with Crippen LogP contribution in [0, 0.1) is 0 Å². The maximum absolute atomic E-state index is 5.74. The van der Waals surface area contributed by atoms with Gasteiger partial charge in [0.1, 0.15) is 18.7 Å². The molecule has 0 aliphatic carbocycles. The minimum Gasteiger partial charge on any atom is -0.489 e. The molecule has 26 heavy (non-hydrogen) atoms. The van der Waals surface area contributed by atoms with E-state index in [9.17, 15) is 0 Å². The Hall–Kier alpha value is -3.67. The predicted octanol–water partition coefficient (Wildman–Crippen LogP) is 2.37. The van der Waals surface area contributed by atoms with Crippen molar-refractivity contribution in [2.24, 2.45) is 15.0 Å². The van der Waals surface area contributed by atoms with Crippen LogP contribution in [0.2, 0.25) is 0 Å². The molecule has 6 heteroatoms. The summed E-state index contributed by atoms with van der Waals surface area (Å²) in [5.41, 5.74) is 0.812. The molecule has 0 saturated heterocycles. The molecule has 4 rings (SSSR count). The number of fused-ring (bicyclic) bond motifs is 2. The topological polar surface area (TPSA) is 72.1 Å². The lowest BCUT2D eigenvalue weighted by Crippen LogP contribution is -2.23. The molecule has 0 radical (unpaired) electrons. The van der Waals surface area contributed by atoms with E-state index in [4.69, 9.17) is 9.73 Å². The van der Waals surface area contributed by atoms with Crippen LogP contribution < -0.4 is 15.3 Å². The molecule has 0 atom stereocenters. The van der Waals surface area contributed by atoms with E-state index in [1.54, 1.807) is 24.8 Å². The summed E-state index contributed by atoms with van der Waals surface area (Å²) in [7, 11) is 0. The number of aromatic nitrogens is 2. The molecular weight excluding hydrogens is 326 g/mol. The van der Waals surface area contributed by atoms with Gasteiger partial charge in [-0.2, -0.15) is 0 Å². The summed E-state index contributed by atoms with van der Waals surface area (Å²) in [6.45, 7) is 0.412. The normalized spacial score (nSPS) is 20.0. The molecule has 0 N–H and O–H groups in total. The molecule has 2 aromatic carbocycles. The Kier molecular flexibility index (Phi) is 4.56. The molecular formula is C20H15N5O. The van der Waals surface area contributed by atoms with E-state index in [0.717, 1.165) is 27.2 Å². The molecule has 1 aliphatic rings. The van der Waals surface area contributed by atoms with Crippen LogP contribution >= 0.6 is 0 Å². The van der Waals surface area contributed by atoms with Gasteiger partial charge in [0.2, 0.25) is 0 Å². The molecule has 0 spiro atoms. The Morgan fingerprint density at radius 2 is 1.85 bits per heavy atom. The predicted molar refractivity (Wildman–Crippen MR) is 103 cm³/mol. The number of rotatable bonds is 0. The molecule has 0 fully saturated rings. The summed E-state index contributed by atoms with van der Waals surface area (Å²) in [5, 5.41) is 2.50. The van der Waals surface area contributed by atoms with E-state index in [1.807, 2.05) is 48.5 Å². The van der Waals surface area contributed by atoms with Gasteiger partial charge in [-0.15, -0.1) is 0 Å². The number of para-hydroxylation sites is 1. The lowest BCUT2D eigenvalue weighted by atomic mass is 10.2. The second kappa shape index (κ2) is 7.48. The third kappa shape index (κ3) is 3.54. The van der Waals surface area contributed by atoms with Crippen LogP contribution in [0.5, 0.6) is 5.75 Å². The summed E-state index contributed by atoms with van der Waals surface area (Å²) in [5.74, 6) is 1.32. The molecule has 1 aromatic heterocycles. The van der Waals surface area contributed by atoms with Crippen molar-refractivity contribution in [3.63, 3.8) is 0 Å². The van der Waals surface area contributed by atoms with E-state index in [0.29, 0.717) is 12.4 Å². The van der Waals surface area contributed by atoms with Gasteiger partial charge in [-0.25, -0.2) is 15.0 Å². The summed E-state index contributed by atoms with van der Waals surface area (Å²) >= 11 is 0. The van der Waals surface area contributed by atoms with Crippen molar-refractivity contribution in [3.8, 4) is 5.75 Å². The number of nitrogens with zero attached hydrogens (tertiary/aromatic N) is 5. The first kappa shape index (κ1) is 15.8. The number of aliphatic imine (C=N–C) groups is 2. The number of hydrogen-bond acceptors (Lipinski definition) is 6. The minimum atomic E-state index is 0.412. The van der Waals surface area contributed by atoms with E-state index in [2.05, 4.69) is 20.0 Å². The van der Waals surface area contributed by atoms with Gasteiger partial charge < -0.3 is 4.74 Å². The molecule has 2 heterocycles. The first-order valence-electron chi connectivity index (χ1n) is 8.12. The molecule has 0 saturated carbocycles.